The Hall–Kier alpha value is 0.520. The van der Waals surface area contributed by atoms with E-state index in [1.54, 1.807) is 0 Å². The molecule has 0 aromatic rings. The van der Waals surface area contributed by atoms with Gasteiger partial charge in [0.1, 0.15) is 0 Å². The molecule has 2 nitrogen and oxygen atoms in total. The summed E-state index contributed by atoms with van der Waals surface area (Å²) in [6.07, 6.45) is 11.6. The number of hydrogen-bond acceptors (Lipinski definition) is 2. The molecule has 1 rings (SSSR count). The highest BCUT2D eigenvalue weighted by atomic mass is 31.2. The second-order valence-electron chi connectivity index (χ2n) is 8.12. The molecular formula is C18H38O2P2. The Morgan fingerprint density at radius 3 is 2.09 bits per heavy atom. The molecule has 1 fully saturated rings. The van der Waals surface area contributed by atoms with Gasteiger partial charge in [0.15, 0.2) is 6.29 Å². The van der Waals surface area contributed by atoms with E-state index in [4.69, 9.17) is 9.47 Å². The maximum atomic E-state index is 6.46. The molecule has 0 spiro atoms. The first-order valence-electron chi connectivity index (χ1n) is 8.61. The molecule has 132 valence electrons. The minimum atomic E-state index is -1.07. The van der Waals surface area contributed by atoms with Crippen LogP contribution in [0.1, 0.15) is 55.4 Å². The number of rotatable bonds is 7. The van der Waals surface area contributed by atoms with Gasteiger partial charge >= 0.3 is 0 Å². The van der Waals surface area contributed by atoms with Gasteiger partial charge in [0.2, 0.25) is 0 Å². The molecule has 1 unspecified atom stereocenters. The quantitative estimate of drug-likeness (QED) is 0.586. The zero-order valence-electron chi connectivity index (χ0n) is 16.0. The fourth-order valence-corrected chi connectivity index (χ4v) is 10.0. The van der Waals surface area contributed by atoms with Crippen LogP contribution in [0.3, 0.4) is 0 Å². The molecule has 0 saturated carbocycles. The summed E-state index contributed by atoms with van der Waals surface area (Å²) in [6.45, 7) is 16.8. The van der Waals surface area contributed by atoms with E-state index in [1.807, 2.05) is 0 Å². The molecule has 0 aliphatic carbocycles. The lowest BCUT2D eigenvalue weighted by atomic mass is 9.78. The van der Waals surface area contributed by atoms with E-state index in [-0.39, 0.29) is 23.2 Å². The van der Waals surface area contributed by atoms with Gasteiger partial charge in [-0.3, -0.25) is 0 Å². The van der Waals surface area contributed by atoms with Gasteiger partial charge in [0, 0.05) is 5.92 Å². The minimum Gasteiger partial charge on any atom is -0.349 e. The summed E-state index contributed by atoms with van der Waals surface area (Å²) >= 11 is 0. The van der Waals surface area contributed by atoms with Crippen LogP contribution < -0.4 is 0 Å². The summed E-state index contributed by atoms with van der Waals surface area (Å²) in [5.74, 6) is 1.59. The number of hydrogen-bond donors (Lipinski definition) is 0. The minimum absolute atomic E-state index is 0.109. The van der Waals surface area contributed by atoms with Crippen LogP contribution in [0.5, 0.6) is 0 Å². The SMILES string of the molecule is C=[PH](CP(=C)(CC)CC)C(C)(C)O[C@H]1O[C@@H](C)C(C)(C)[C@@H]1C. The summed E-state index contributed by atoms with van der Waals surface area (Å²) in [6, 6.07) is 0. The van der Waals surface area contributed by atoms with Crippen LogP contribution >= 0.6 is 14.4 Å². The zero-order valence-corrected chi connectivity index (χ0v) is 17.9. The standard InChI is InChI=1S/C18H38O2P2/c1-11-22(10,12-2)13-21(9)18(7,8)20-16-14(3)17(5,6)15(4)19-16/h14-16,21H,9-13H2,1-8H3/t14-,15+,16-/m1/s1. The lowest BCUT2D eigenvalue weighted by Crippen LogP contribution is -2.33. The van der Waals surface area contributed by atoms with Crippen molar-refractivity contribution in [2.24, 2.45) is 11.3 Å². The first-order chi connectivity index (χ1) is 9.89. The largest absolute Gasteiger partial charge is 0.349 e. The average molecular weight is 348 g/mol. The molecule has 0 N–H and O–H groups in total. The third-order valence-electron chi connectivity index (χ3n) is 6.10. The third-order valence-corrected chi connectivity index (χ3v) is 14.8. The summed E-state index contributed by atoms with van der Waals surface area (Å²) < 4.78 is 12.6. The summed E-state index contributed by atoms with van der Waals surface area (Å²) in [7, 11) is -0.876. The Morgan fingerprint density at radius 1 is 1.23 bits per heavy atom. The van der Waals surface area contributed by atoms with Crippen molar-refractivity contribution in [1.82, 2.24) is 0 Å². The van der Waals surface area contributed by atoms with Crippen molar-refractivity contribution < 1.29 is 9.47 Å². The predicted octanol–water partition coefficient (Wildman–Crippen LogP) is 5.24. The molecule has 1 aliphatic rings. The maximum Gasteiger partial charge on any atom is 0.162 e. The van der Waals surface area contributed by atoms with E-state index in [0.717, 1.165) is 0 Å². The van der Waals surface area contributed by atoms with E-state index < -0.39 is 14.4 Å². The van der Waals surface area contributed by atoms with Crippen molar-refractivity contribution in [2.75, 3.05) is 18.2 Å². The van der Waals surface area contributed by atoms with Crippen LogP contribution in [-0.4, -0.2) is 48.6 Å². The Kier molecular flexibility index (Phi) is 6.71. The third kappa shape index (κ3) is 4.32. The molecule has 0 amide bonds. The van der Waals surface area contributed by atoms with Gasteiger partial charge in [-0.15, -0.1) is 19.5 Å². The van der Waals surface area contributed by atoms with Gasteiger partial charge in [0.05, 0.1) is 11.4 Å². The van der Waals surface area contributed by atoms with E-state index in [9.17, 15) is 0 Å². The van der Waals surface area contributed by atoms with Gasteiger partial charge in [-0.05, 0) is 44.4 Å². The molecule has 0 aromatic heterocycles. The summed E-state index contributed by atoms with van der Waals surface area (Å²) in [4.78, 5) is 0. The first-order valence-corrected chi connectivity index (χ1v) is 13.1. The average Bonchev–Trinajstić information content (AvgIpc) is 2.61. The zero-order chi connectivity index (χ0) is 17.3. The molecule has 1 aliphatic heterocycles. The lowest BCUT2D eigenvalue weighted by molar-refractivity contribution is -0.176. The van der Waals surface area contributed by atoms with Crippen molar-refractivity contribution in [3.8, 4) is 0 Å². The first kappa shape index (κ1) is 20.6. The Morgan fingerprint density at radius 2 is 1.73 bits per heavy atom. The molecular weight excluding hydrogens is 310 g/mol. The Labute approximate surface area is 139 Å². The van der Waals surface area contributed by atoms with Gasteiger partial charge in [-0.25, -0.2) is 0 Å². The molecule has 22 heavy (non-hydrogen) atoms. The second-order valence-corrected chi connectivity index (χ2v) is 15.7. The van der Waals surface area contributed by atoms with Crippen LogP contribution in [0.15, 0.2) is 0 Å². The van der Waals surface area contributed by atoms with Crippen LogP contribution in [0.25, 0.3) is 0 Å². The normalized spacial score (nSPS) is 30.5. The van der Waals surface area contributed by atoms with Crippen molar-refractivity contribution in [3.63, 3.8) is 0 Å². The van der Waals surface area contributed by atoms with E-state index in [2.05, 4.69) is 68.0 Å². The maximum absolute atomic E-state index is 6.46. The van der Waals surface area contributed by atoms with Crippen molar-refractivity contribution >= 4 is 27.0 Å². The van der Waals surface area contributed by atoms with Crippen molar-refractivity contribution in [3.05, 3.63) is 0 Å². The van der Waals surface area contributed by atoms with Gasteiger partial charge in [-0.2, -0.15) is 0 Å². The van der Waals surface area contributed by atoms with Gasteiger partial charge in [-0.1, -0.05) is 42.2 Å². The van der Waals surface area contributed by atoms with Crippen LogP contribution in [0.2, 0.25) is 0 Å². The molecule has 0 bridgehead atoms. The highest BCUT2D eigenvalue weighted by Gasteiger charge is 2.48. The number of ether oxygens (including phenoxy) is 2. The van der Waals surface area contributed by atoms with Crippen molar-refractivity contribution in [1.29, 1.82) is 0 Å². The molecule has 1 heterocycles. The summed E-state index contributed by atoms with van der Waals surface area (Å²) in [5, 5.41) is -0.184. The monoisotopic (exact) mass is 348 g/mol. The summed E-state index contributed by atoms with van der Waals surface area (Å²) in [5.41, 5.74) is 0.157. The van der Waals surface area contributed by atoms with Crippen LogP contribution in [-0.2, 0) is 9.47 Å². The lowest BCUT2D eigenvalue weighted by Gasteiger charge is -2.36. The molecule has 0 radical (unpaired) electrons. The van der Waals surface area contributed by atoms with E-state index >= 15 is 0 Å². The molecule has 1 saturated heterocycles. The van der Waals surface area contributed by atoms with Crippen molar-refractivity contribution in [2.45, 2.75) is 73.1 Å². The Balaban J connectivity index is 2.80. The van der Waals surface area contributed by atoms with Gasteiger partial charge in [0.25, 0.3) is 0 Å². The highest BCUT2D eigenvalue weighted by Crippen LogP contribution is 2.57. The highest BCUT2D eigenvalue weighted by molar-refractivity contribution is 7.83. The van der Waals surface area contributed by atoms with Gasteiger partial charge < -0.3 is 9.47 Å². The van der Waals surface area contributed by atoms with E-state index in [1.165, 1.54) is 18.2 Å². The van der Waals surface area contributed by atoms with Crippen LogP contribution in [0, 0.1) is 11.3 Å². The van der Waals surface area contributed by atoms with Crippen LogP contribution in [0.4, 0.5) is 0 Å². The second kappa shape index (κ2) is 7.18. The van der Waals surface area contributed by atoms with E-state index in [0.29, 0.717) is 5.92 Å². The molecule has 4 heteroatoms. The topological polar surface area (TPSA) is 18.5 Å². The smallest absolute Gasteiger partial charge is 0.162 e. The molecule has 0 aromatic carbocycles. The Bertz CT molecular complexity index is 446. The molecule has 4 atom stereocenters. The predicted molar refractivity (Wildman–Crippen MR) is 108 cm³/mol. The fraction of sp³-hybridized carbons (Fsp3) is 0.889. The fourth-order valence-electron chi connectivity index (χ4n) is 2.76.